The van der Waals surface area contributed by atoms with Crippen LogP contribution in [-0.4, -0.2) is 23.5 Å². The van der Waals surface area contributed by atoms with Crippen molar-refractivity contribution in [3.63, 3.8) is 0 Å². The van der Waals surface area contributed by atoms with Gasteiger partial charge in [-0.1, -0.05) is 54.1 Å². The van der Waals surface area contributed by atoms with Crippen molar-refractivity contribution in [3.8, 4) is 0 Å². The molecule has 0 unspecified atom stereocenters. The highest BCUT2D eigenvalue weighted by atomic mass is 35.5. The van der Waals surface area contributed by atoms with Gasteiger partial charge in [-0.2, -0.15) is 0 Å². The molecule has 4 rings (SSSR count). The second kappa shape index (κ2) is 13.4. The number of benzene rings is 4. The Bertz CT molecular complexity index is 1510. The maximum atomic E-state index is 13.4. The Morgan fingerprint density at radius 1 is 0.795 bits per heavy atom. The number of halogens is 2. The van der Waals surface area contributed by atoms with Crippen LogP contribution in [0.5, 0.6) is 0 Å². The summed E-state index contributed by atoms with van der Waals surface area (Å²) in [5.41, 5.74) is 1.97. The molecule has 3 N–H and O–H groups in total. The molecule has 196 valence electrons. The van der Waals surface area contributed by atoms with E-state index in [1.165, 1.54) is 42.1 Å². The number of carbonyl (C=O) groups excluding carboxylic acids is 3. The lowest BCUT2D eigenvalue weighted by molar-refractivity contribution is -0.114. The summed E-state index contributed by atoms with van der Waals surface area (Å²) < 4.78 is 13.4. The molecule has 39 heavy (non-hydrogen) atoms. The number of anilines is 2. The second-order valence-electron chi connectivity index (χ2n) is 8.26. The molecule has 0 aliphatic rings. The molecule has 0 fully saturated rings. The number of carbonyl (C=O) groups is 3. The Kier molecular flexibility index (Phi) is 9.50. The summed E-state index contributed by atoms with van der Waals surface area (Å²) in [6, 6.07) is 27.9. The predicted molar refractivity (Wildman–Crippen MR) is 154 cm³/mol. The van der Waals surface area contributed by atoms with Crippen molar-refractivity contribution in [2.75, 3.05) is 16.4 Å². The van der Waals surface area contributed by atoms with Crippen LogP contribution in [0.4, 0.5) is 15.8 Å². The molecule has 0 aliphatic heterocycles. The van der Waals surface area contributed by atoms with Crippen LogP contribution in [0.1, 0.15) is 15.9 Å². The first-order valence-electron chi connectivity index (χ1n) is 11.8. The van der Waals surface area contributed by atoms with Crippen molar-refractivity contribution >= 4 is 58.5 Å². The largest absolute Gasteiger partial charge is 0.325 e. The number of thioether (sulfide) groups is 1. The number of hydrogen-bond donors (Lipinski definition) is 3. The third-order valence-corrected chi connectivity index (χ3v) is 6.51. The highest BCUT2D eigenvalue weighted by molar-refractivity contribution is 8.00. The fourth-order valence-electron chi connectivity index (χ4n) is 3.44. The van der Waals surface area contributed by atoms with Gasteiger partial charge in [-0.25, -0.2) is 4.39 Å². The van der Waals surface area contributed by atoms with Crippen LogP contribution >= 0.6 is 23.4 Å². The van der Waals surface area contributed by atoms with Crippen molar-refractivity contribution < 1.29 is 18.8 Å². The molecule has 0 spiro atoms. The fraction of sp³-hybridized carbons (Fsp3) is 0.0333. The zero-order valence-electron chi connectivity index (χ0n) is 20.5. The zero-order chi connectivity index (χ0) is 27.6. The van der Waals surface area contributed by atoms with E-state index in [-0.39, 0.29) is 17.4 Å². The van der Waals surface area contributed by atoms with E-state index in [1.807, 2.05) is 6.07 Å². The van der Waals surface area contributed by atoms with Gasteiger partial charge >= 0.3 is 0 Å². The van der Waals surface area contributed by atoms with Crippen molar-refractivity contribution in [1.82, 2.24) is 5.32 Å². The van der Waals surface area contributed by atoms with E-state index in [9.17, 15) is 18.8 Å². The van der Waals surface area contributed by atoms with Gasteiger partial charge in [0.15, 0.2) is 0 Å². The van der Waals surface area contributed by atoms with Crippen molar-refractivity contribution in [2.45, 2.75) is 4.90 Å². The molecule has 4 aromatic carbocycles. The van der Waals surface area contributed by atoms with Crippen LogP contribution < -0.4 is 16.0 Å². The van der Waals surface area contributed by atoms with Crippen LogP contribution in [0, 0.1) is 5.82 Å². The van der Waals surface area contributed by atoms with E-state index in [1.54, 1.807) is 72.8 Å². The number of hydrogen-bond acceptors (Lipinski definition) is 4. The van der Waals surface area contributed by atoms with Crippen molar-refractivity contribution in [3.05, 3.63) is 131 Å². The monoisotopic (exact) mass is 559 g/mol. The lowest BCUT2D eigenvalue weighted by Crippen LogP contribution is -2.30. The summed E-state index contributed by atoms with van der Waals surface area (Å²) in [6.07, 6.45) is 1.47. The summed E-state index contributed by atoms with van der Waals surface area (Å²) in [7, 11) is 0. The SMILES string of the molecule is O=C(CSc1cccc(NC(=O)/C(=C/c2ccc(F)cc2)NC(=O)c2ccccc2)c1)Nc1cccc(Cl)c1. The number of amides is 3. The first-order chi connectivity index (χ1) is 18.9. The lowest BCUT2D eigenvalue weighted by atomic mass is 10.1. The minimum absolute atomic E-state index is 0.0191. The highest BCUT2D eigenvalue weighted by Gasteiger charge is 2.15. The van der Waals surface area contributed by atoms with Gasteiger partial charge in [-0.15, -0.1) is 11.8 Å². The van der Waals surface area contributed by atoms with Crippen LogP contribution in [0.3, 0.4) is 0 Å². The second-order valence-corrected chi connectivity index (χ2v) is 9.74. The Hall–Kier alpha value is -4.40. The number of rotatable bonds is 9. The summed E-state index contributed by atoms with van der Waals surface area (Å²) >= 11 is 7.26. The third kappa shape index (κ3) is 8.56. The first-order valence-corrected chi connectivity index (χ1v) is 13.2. The predicted octanol–water partition coefficient (Wildman–Crippen LogP) is 6.62. The topological polar surface area (TPSA) is 87.3 Å². The molecule has 6 nitrogen and oxygen atoms in total. The Morgan fingerprint density at radius 3 is 2.21 bits per heavy atom. The Balaban J connectivity index is 1.44. The lowest BCUT2D eigenvalue weighted by Gasteiger charge is -2.12. The summed E-state index contributed by atoms with van der Waals surface area (Å²) in [4.78, 5) is 39.1. The standard InChI is InChI=1S/C30H23ClFN3O3S/c31-22-8-4-9-24(17-22)33-28(36)19-39-26-11-5-10-25(18-26)34-30(38)27(16-20-12-14-23(32)15-13-20)35-29(37)21-6-2-1-3-7-21/h1-18H,19H2,(H,33,36)(H,34,38)(H,35,37)/b27-16-. The quantitative estimate of drug-likeness (QED) is 0.159. The minimum Gasteiger partial charge on any atom is -0.325 e. The van der Waals surface area contributed by atoms with Crippen LogP contribution in [0.25, 0.3) is 6.08 Å². The van der Waals surface area contributed by atoms with E-state index in [2.05, 4.69) is 16.0 Å². The summed E-state index contributed by atoms with van der Waals surface area (Å²) in [6.45, 7) is 0. The van der Waals surface area contributed by atoms with E-state index in [4.69, 9.17) is 11.6 Å². The van der Waals surface area contributed by atoms with Gasteiger partial charge in [0.05, 0.1) is 5.75 Å². The van der Waals surface area contributed by atoms with Gasteiger partial charge in [0, 0.05) is 26.9 Å². The zero-order valence-corrected chi connectivity index (χ0v) is 22.1. The average Bonchev–Trinajstić information content (AvgIpc) is 2.93. The Morgan fingerprint density at radius 2 is 1.49 bits per heavy atom. The van der Waals surface area contributed by atoms with Gasteiger partial charge in [0.25, 0.3) is 11.8 Å². The molecule has 0 heterocycles. The molecule has 0 saturated carbocycles. The molecule has 0 atom stereocenters. The van der Waals surface area contributed by atoms with Crippen molar-refractivity contribution in [1.29, 1.82) is 0 Å². The molecular formula is C30H23ClFN3O3S. The van der Waals surface area contributed by atoms with Gasteiger partial charge in [-0.3, -0.25) is 14.4 Å². The maximum Gasteiger partial charge on any atom is 0.272 e. The van der Waals surface area contributed by atoms with Crippen LogP contribution in [0.15, 0.2) is 114 Å². The molecule has 3 amide bonds. The van der Waals surface area contributed by atoms with Gasteiger partial charge in [-0.05, 0) is 72.3 Å². The third-order valence-electron chi connectivity index (χ3n) is 5.28. The van der Waals surface area contributed by atoms with Crippen LogP contribution in [0.2, 0.25) is 5.02 Å². The Labute approximate surface area is 234 Å². The molecule has 0 aromatic heterocycles. The summed E-state index contributed by atoms with van der Waals surface area (Å²) in [5, 5.41) is 8.74. The molecule has 0 radical (unpaired) electrons. The fourth-order valence-corrected chi connectivity index (χ4v) is 4.39. The summed E-state index contributed by atoms with van der Waals surface area (Å²) in [5.74, 6) is -1.50. The number of nitrogens with one attached hydrogen (secondary N) is 3. The van der Waals surface area contributed by atoms with Gasteiger partial charge < -0.3 is 16.0 Å². The normalized spacial score (nSPS) is 11.0. The van der Waals surface area contributed by atoms with E-state index in [0.717, 1.165) is 4.90 Å². The highest BCUT2D eigenvalue weighted by Crippen LogP contribution is 2.23. The first kappa shape index (κ1) is 27.6. The molecule has 0 saturated heterocycles. The average molecular weight is 560 g/mol. The van der Waals surface area contributed by atoms with Gasteiger partial charge in [0.1, 0.15) is 11.5 Å². The van der Waals surface area contributed by atoms with Gasteiger partial charge in [0.2, 0.25) is 5.91 Å². The van der Waals surface area contributed by atoms with E-state index < -0.39 is 17.6 Å². The van der Waals surface area contributed by atoms with Crippen LogP contribution in [-0.2, 0) is 9.59 Å². The molecule has 4 aromatic rings. The van der Waals surface area contributed by atoms with E-state index in [0.29, 0.717) is 27.5 Å². The molecule has 9 heteroatoms. The minimum atomic E-state index is -0.565. The van der Waals surface area contributed by atoms with E-state index >= 15 is 0 Å². The van der Waals surface area contributed by atoms with Crippen molar-refractivity contribution in [2.24, 2.45) is 0 Å². The molecular weight excluding hydrogens is 537 g/mol. The smallest absolute Gasteiger partial charge is 0.272 e. The molecule has 0 bridgehead atoms. The maximum absolute atomic E-state index is 13.4. The molecule has 0 aliphatic carbocycles.